The third-order valence-electron chi connectivity index (χ3n) is 1.72. The second-order valence-corrected chi connectivity index (χ2v) is 2.87. The molecule has 0 aromatic heterocycles. The van der Waals surface area contributed by atoms with E-state index in [1.54, 1.807) is 6.92 Å². The molecule has 0 saturated carbocycles. The van der Waals surface area contributed by atoms with Gasteiger partial charge < -0.3 is 19.9 Å². The van der Waals surface area contributed by atoms with Crippen LogP contribution in [0.15, 0.2) is 0 Å². The van der Waals surface area contributed by atoms with Crippen molar-refractivity contribution in [2.24, 2.45) is 0 Å². The molecule has 0 aromatic rings. The van der Waals surface area contributed by atoms with Crippen molar-refractivity contribution in [2.75, 3.05) is 13.7 Å². The summed E-state index contributed by atoms with van der Waals surface area (Å²) in [6, 6.07) is -1.16. The van der Waals surface area contributed by atoms with Gasteiger partial charge in [0.25, 0.3) is 0 Å². The highest BCUT2D eigenvalue weighted by Gasteiger charge is 2.21. The SMILES string of the molecule is CCOC(=O)CC[C@H](NC(=O)OC)C(=O)O. The molecule has 0 rings (SSSR count). The number of amides is 1. The number of nitrogens with one attached hydrogen (secondary N) is 1. The average Bonchev–Trinajstić information content (AvgIpc) is 2.23. The summed E-state index contributed by atoms with van der Waals surface area (Å²) in [5.74, 6) is -1.73. The van der Waals surface area contributed by atoms with E-state index in [1.807, 2.05) is 0 Å². The van der Waals surface area contributed by atoms with Crippen molar-refractivity contribution < 1.29 is 29.0 Å². The predicted octanol–water partition coefficient (Wildman–Crippen LogP) is 0.139. The number of carboxylic acids is 1. The van der Waals surface area contributed by atoms with E-state index in [2.05, 4.69) is 14.8 Å². The van der Waals surface area contributed by atoms with Gasteiger partial charge in [0.15, 0.2) is 0 Å². The largest absolute Gasteiger partial charge is 0.480 e. The van der Waals surface area contributed by atoms with Crippen LogP contribution in [0, 0.1) is 0 Å². The van der Waals surface area contributed by atoms with E-state index >= 15 is 0 Å². The molecule has 7 nitrogen and oxygen atoms in total. The Hall–Kier alpha value is -1.79. The molecule has 0 radical (unpaired) electrons. The summed E-state index contributed by atoms with van der Waals surface area (Å²) >= 11 is 0. The van der Waals surface area contributed by atoms with E-state index in [9.17, 15) is 14.4 Å². The summed E-state index contributed by atoms with van der Waals surface area (Å²) in [7, 11) is 1.12. The summed E-state index contributed by atoms with van der Waals surface area (Å²) < 4.78 is 8.88. The zero-order valence-corrected chi connectivity index (χ0v) is 9.19. The number of ether oxygens (including phenoxy) is 2. The highest BCUT2D eigenvalue weighted by Crippen LogP contribution is 2.00. The molecule has 0 aromatic carbocycles. The number of methoxy groups -OCH3 is 1. The normalized spacial score (nSPS) is 11.4. The molecule has 0 aliphatic heterocycles. The van der Waals surface area contributed by atoms with Gasteiger partial charge in [0, 0.05) is 6.42 Å². The topological polar surface area (TPSA) is 102 Å². The molecule has 0 spiro atoms. The van der Waals surface area contributed by atoms with E-state index in [4.69, 9.17) is 5.11 Å². The molecular formula is C9H15NO6. The van der Waals surface area contributed by atoms with Crippen LogP contribution in [0.3, 0.4) is 0 Å². The summed E-state index contributed by atoms with van der Waals surface area (Å²) in [5.41, 5.74) is 0. The Balaban J connectivity index is 4.09. The minimum absolute atomic E-state index is 0.0384. The number of carbonyl (C=O) groups excluding carboxylic acids is 2. The molecular weight excluding hydrogens is 218 g/mol. The number of carboxylic acid groups (broad SMARTS) is 1. The molecule has 16 heavy (non-hydrogen) atoms. The summed E-state index contributed by atoms with van der Waals surface area (Å²) in [5, 5.41) is 10.8. The van der Waals surface area contributed by atoms with Gasteiger partial charge in [0.05, 0.1) is 13.7 Å². The zero-order valence-electron chi connectivity index (χ0n) is 9.19. The van der Waals surface area contributed by atoms with E-state index in [0.717, 1.165) is 7.11 Å². The van der Waals surface area contributed by atoms with Gasteiger partial charge in [-0.25, -0.2) is 9.59 Å². The first kappa shape index (κ1) is 14.2. The number of hydrogen-bond donors (Lipinski definition) is 2. The molecule has 0 saturated heterocycles. The Morgan fingerprint density at radius 3 is 2.44 bits per heavy atom. The van der Waals surface area contributed by atoms with Gasteiger partial charge in [-0.1, -0.05) is 0 Å². The third-order valence-corrected chi connectivity index (χ3v) is 1.72. The Kier molecular flexibility index (Phi) is 6.66. The summed E-state index contributed by atoms with van der Waals surface area (Å²) in [6.07, 6.45) is -0.964. The maximum absolute atomic E-state index is 11.0. The molecule has 0 aliphatic carbocycles. The van der Waals surface area contributed by atoms with E-state index in [0.29, 0.717) is 0 Å². The van der Waals surface area contributed by atoms with Crippen LogP contribution in [-0.4, -0.2) is 42.9 Å². The van der Waals surface area contributed by atoms with E-state index < -0.39 is 24.1 Å². The molecule has 1 atom stereocenters. The summed E-state index contributed by atoms with van der Waals surface area (Å²) in [6.45, 7) is 1.89. The van der Waals surface area contributed by atoms with Gasteiger partial charge in [-0.15, -0.1) is 0 Å². The van der Waals surface area contributed by atoms with Crippen molar-refractivity contribution in [3.05, 3.63) is 0 Å². The Morgan fingerprint density at radius 1 is 1.38 bits per heavy atom. The van der Waals surface area contributed by atoms with Crippen molar-refractivity contribution in [1.82, 2.24) is 5.32 Å². The third kappa shape index (κ3) is 5.84. The second-order valence-electron chi connectivity index (χ2n) is 2.87. The van der Waals surface area contributed by atoms with Crippen LogP contribution in [0.5, 0.6) is 0 Å². The fraction of sp³-hybridized carbons (Fsp3) is 0.667. The van der Waals surface area contributed by atoms with Crippen LogP contribution in [0.1, 0.15) is 19.8 Å². The number of aliphatic carboxylic acids is 1. The number of alkyl carbamates (subject to hydrolysis) is 1. The number of hydrogen-bond acceptors (Lipinski definition) is 5. The smallest absolute Gasteiger partial charge is 0.407 e. The highest BCUT2D eigenvalue weighted by molar-refractivity contribution is 5.80. The molecule has 7 heteroatoms. The maximum atomic E-state index is 11.0. The van der Waals surface area contributed by atoms with Crippen molar-refractivity contribution in [3.63, 3.8) is 0 Å². The van der Waals surface area contributed by atoms with Crippen molar-refractivity contribution in [2.45, 2.75) is 25.8 Å². The van der Waals surface area contributed by atoms with Gasteiger partial charge in [0.2, 0.25) is 0 Å². The van der Waals surface area contributed by atoms with Crippen LogP contribution >= 0.6 is 0 Å². The predicted molar refractivity (Wildman–Crippen MR) is 52.8 cm³/mol. The first-order chi connectivity index (χ1) is 7.51. The van der Waals surface area contributed by atoms with Crippen LogP contribution in [0.25, 0.3) is 0 Å². The van der Waals surface area contributed by atoms with Crippen LogP contribution in [-0.2, 0) is 19.1 Å². The molecule has 0 bridgehead atoms. The lowest BCUT2D eigenvalue weighted by molar-refractivity contribution is -0.144. The standard InChI is InChI=1S/C9H15NO6/c1-3-16-7(11)5-4-6(8(12)13)10-9(14)15-2/h6H,3-5H2,1-2H3,(H,10,14)(H,12,13)/t6-/m0/s1. The minimum atomic E-state index is -1.23. The quantitative estimate of drug-likeness (QED) is 0.632. The fourth-order valence-electron chi connectivity index (χ4n) is 0.954. The molecule has 0 heterocycles. The zero-order chi connectivity index (χ0) is 12.6. The Labute approximate surface area is 92.7 Å². The number of rotatable bonds is 6. The first-order valence-corrected chi connectivity index (χ1v) is 4.74. The summed E-state index contributed by atoms with van der Waals surface area (Å²) in [4.78, 5) is 32.4. The lowest BCUT2D eigenvalue weighted by atomic mass is 10.1. The van der Waals surface area contributed by atoms with Crippen LogP contribution < -0.4 is 5.32 Å². The lowest BCUT2D eigenvalue weighted by Gasteiger charge is -2.12. The fourth-order valence-corrected chi connectivity index (χ4v) is 0.954. The number of carbonyl (C=O) groups is 3. The minimum Gasteiger partial charge on any atom is -0.480 e. The van der Waals surface area contributed by atoms with Gasteiger partial charge >= 0.3 is 18.0 Å². The first-order valence-electron chi connectivity index (χ1n) is 4.74. The van der Waals surface area contributed by atoms with Gasteiger partial charge in [0.1, 0.15) is 6.04 Å². The molecule has 1 amide bonds. The monoisotopic (exact) mass is 233 g/mol. The maximum Gasteiger partial charge on any atom is 0.407 e. The van der Waals surface area contributed by atoms with Crippen molar-refractivity contribution >= 4 is 18.0 Å². The molecule has 2 N–H and O–H groups in total. The number of esters is 1. The molecule has 0 aliphatic rings. The molecule has 0 fully saturated rings. The van der Waals surface area contributed by atoms with E-state index in [1.165, 1.54) is 0 Å². The lowest BCUT2D eigenvalue weighted by Crippen LogP contribution is -2.41. The van der Waals surface area contributed by atoms with E-state index in [-0.39, 0.29) is 19.4 Å². The van der Waals surface area contributed by atoms with Crippen molar-refractivity contribution in [3.8, 4) is 0 Å². The second kappa shape index (κ2) is 7.49. The van der Waals surface area contributed by atoms with Gasteiger partial charge in [-0.2, -0.15) is 0 Å². The molecule has 0 unspecified atom stereocenters. The van der Waals surface area contributed by atoms with Crippen LogP contribution in [0.4, 0.5) is 4.79 Å². The van der Waals surface area contributed by atoms with Gasteiger partial charge in [-0.05, 0) is 13.3 Å². The average molecular weight is 233 g/mol. The molecule has 92 valence electrons. The Morgan fingerprint density at radius 2 is 2.00 bits per heavy atom. The van der Waals surface area contributed by atoms with Crippen LogP contribution in [0.2, 0.25) is 0 Å². The highest BCUT2D eigenvalue weighted by atomic mass is 16.5. The van der Waals surface area contributed by atoms with Gasteiger partial charge in [-0.3, -0.25) is 4.79 Å². The Bertz CT molecular complexity index is 265. The van der Waals surface area contributed by atoms with Crippen molar-refractivity contribution in [1.29, 1.82) is 0 Å².